The van der Waals surface area contributed by atoms with Gasteiger partial charge in [-0.2, -0.15) is 0 Å². The molecule has 1 unspecified atom stereocenters. The fraction of sp³-hybridized carbons (Fsp3) is 0.647. The maximum absolute atomic E-state index is 9.96. The number of hydrogen-bond donors (Lipinski definition) is 2. The first-order chi connectivity index (χ1) is 9.34. The minimum absolute atomic E-state index is 0.384. The molecule has 0 heterocycles. The molecule has 1 aromatic carbocycles. The molecule has 0 fully saturated rings. The third-order valence-corrected chi connectivity index (χ3v) is 3.48. The zero-order chi connectivity index (χ0) is 13.8. The number of unbranched alkanes of at least 4 members (excludes halogenated alkanes) is 6. The quantitative estimate of drug-likeness (QED) is 0.590. The number of nitrogens with one attached hydrogen (secondary N) is 1. The number of aliphatic hydroxyl groups excluding tert-OH is 1. The maximum Gasteiger partial charge on any atom is 0.0914 e. The van der Waals surface area contributed by atoms with E-state index in [4.69, 9.17) is 0 Å². The summed E-state index contributed by atoms with van der Waals surface area (Å²) in [6, 6.07) is 9.85. The van der Waals surface area contributed by atoms with Gasteiger partial charge >= 0.3 is 0 Å². The minimum atomic E-state index is -0.384. The van der Waals surface area contributed by atoms with E-state index in [1.165, 1.54) is 44.9 Å². The summed E-state index contributed by atoms with van der Waals surface area (Å²) in [5, 5.41) is 13.3. The summed E-state index contributed by atoms with van der Waals surface area (Å²) in [5.41, 5.74) is 0.995. The van der Waals surface area contributed by atoms with Crippen LogP contribution in [0.25, 0.3) is 0 Å². The molecule has 108 valence electrons. The Bertz CT molecular complexity index is 299. The fourth-order valence-electron chi connectivity index (χ4n) is 2.24. The summed E-state index contributed by atoms with van der Waals surface area (Å²) in [7, 11) is 0. The molecular formula is C17H29NO. The zero-order valence-corrected chi connectivity index (χ0v) is 12.3. The second kappa shape index (κ2) is 11.0. The predicted molar refractivity (Wildman–Crippen MR) is 82.3 cm³/mol. The highest BCUT2D eigenvalue weighted by Gasteiger charge is 2.04. The number of aliphatic hydroxyl groups is 1. The third-order valence-electron chi connectivity index (χ3n) is 3.48. The van der Waals surface area contributed by atoms with Crippen LogP contribution in [0.15, 0.2) is 30.3 Å². The van der Waals surface area contributed by atoms with Gasteiger partial charge < -0.3 is 10.4 Å². The highest BCUT2D eigenvalue weighted by atomic mass is 16.3. The summed E-state index contributed by atoms with van der Waals surface area (Å²) in [5.74, 6) is 0. The zero-order valence-electron chi connectivity index (χ0n) is 12.3. The Labute approximate surface area is 118 Å². The van der Waals surface area contributed by atoms with Gasteiger partial charge in [0.1, 0.15) is 0 Å². The van der Waals surface area contributed by atoms with Crippen molar-refractivity contribution < 1.29 is 5.11 Å². The Hall–Kier alpha value is -0.860. The predicted octanol–water partition coefficient (Wildman–Crippen LogP) is 4.06. The van der Waals surface area contributed by atoms with E-state index in [1.54, 1.807) is 0 Å². The first-order valence-corrected chi connectivity index (χ1v) is 7.78. The van der Waals surface area contributed by atoms with Gasteiger partial charge in [-0.15, -0.1) is 0 Å². The third kappa shape index (κ3) is 8.02. The largest absolute Gasteiger partial charge is 0.387 e. The van der Waals surface area contributed by atoms with Gasteiger partial charge in [-0.3, -0.25) is 0 Å². The van der Waals surface area contributed by atoms with Gasteiger partial charge in [0.25, 0.3) is 0 Å². The highest BCUT2D eigenvalue weighted by molar-refractivity contribution is 5.17. The summed E-state index contributed by atoms with van der Waals surface area (Å²) >= 11 is 0. The van der Waals surface area contributed by atoms with E-state index in [9.17, 15) is 5.11 Å². The maximum atomic E-state index is 9.96. The summed E-state index contributed by atoms with van der Waals surface area (Å²) in [6.07, 6.45) is 8.94. The van der Waals surface area contributed by atoms with Gasteiger partial charge in [0.05, 0.1) is 6.10 Å². The van der Waals surface area contributed by atoms with Crippen molar-refractivity contribution in [1.82, 2.24) is 5.32 Å². The molecule has 1 aromatic rings. The molecule has 2 N–H and O–H groups in total. The second-order valence-corrected chi connectivity index (χ2v) is 5.25. The Balaban J connectivity index is 1.93. The second-order valence-electron chi connectivity index (χ2n) is 5.25. The van der Waals surface area contributed by atoms with Crippen molar-refractivity contribution in [2.75, 3.05) is 13.1 Å². The van der Waals surface area contributed by atoms with E-state index in [-0.39, 0.29) is 6.10 Å². The van der Waals surface area contributed by atoms with Crippen LogP contribution >= 0.6 is 0 Å². The van der Waals surface area contributed by atoms with Gasteiger partial charge in [-0.05, 0) is 18.5 Å². The molecule has 1 rings (SSSR count). The molecule has 0 spiro atoms. The molecule has 2 nitrogen and oxygen atoms in total. The van der Waals surface area contributed by atoms with Crippen LogP contribution in [0.5, 0.6) is 0 Å². The number of benzene rings is 1. The van der Waals surface area contributed by atoms with Crippen molar-refractivity contribution in [3.63, 3.8) is 0 Å². The monoisotopic (exact) mass is 263 g/mol. The summed E-state index contributed by atoms with van der Waals surface area (Å²) in [4.78, 5) is 0. The Kier molecular flexibility index (Phi) is 9.38. The molecule has 19 heavy (non-hydrogen) atoms. The van der Waals surface area contributed by atoms with Crippen molar-refractivity contribution in [3.05, 3.63) is 35.9 Å². The van der Waals surface area contributed by atoms with E-state index < -0.39 is 0 Å². The average molecular weight is 263 g/mol. The molecule has 0 bridgehead atoms. The molecule has 0 aliphatic heterocycles. The van der Waals surface area contributed by atoms with Gasteiger partial charge in [-0.25, -0.2) is 0 Å². The van der Waals surface area contributed by atoms with Crippen LogP contribution in [0.2, 0.25) is 0 Å². The lowest BCUT2D eigenvalue weighted by Crippen LogP contribution is -2.22. The highest BCUT2D eigenvalue weighted by Crippen LogP contribution is 2.10. The van der Waals surface area contributed by atoms with Crippen LogP contribution in [0.4, 0.5) is 0 Å². The minimum Gasteiger partial charge on any atom is -0.387 e. The lowest BCUT2D eigenvalue weighted by Gasteiger charge is -2.12. The van der Waals surface area contributed by atoms with Crippen LogP contribution in [-0.4, -0.2) is 18.2 Å². The van der Waals surface area contributed by atoms with Crippen molar-refractivity contribution in [1.29, 1.82) is 0 Å². The van der Waals surface area contributed by atoms with E-state index in [2.05, 4.69) is 12.2 Å². The molecule has 0 amide bonds. The number of hydrogen-bond acceptors (Lipinski definition) is 2. The van der Waals surface area contributed by atoms with E-state index >= 15 is 0 Å². The molecule has 0 aromatic heterocycles. The molecule has 1 atom stereocenters. The number of rotatable bonds is 11. The summed E-state index contributed by atoms with van der Waals surface area (Å²) < 4.78 is 0. The first kappa shape index (κ1) is 16.2. The molecule has 0 radical (unpaired) electrons. The van der Waals surface area contributed by atoms with E-state index in [0.29, 0.717) is 6.54 Å². The Morgan fingerprint density at radius 2 is 1.58 bits per heavy atom. The molecule has 0 aliphatic carbocycles. The van der Waals surface area contributed by atoms with Gasteiger partial charge in [-0.1, -0.05) is 75.8 Å². The molecule has 0 aliphatic rings. The SMILES string of the molecule is CCCCCCCCCNCC(O)c1ccccc1. The standard InChI is InChI=1S/C17H29NO/c1-2-3-4-5-6-7-11-14-18-15-17(19)16-12-9-8-10-13-16/h8-10,12-13,17-19H,2-7,11,14-15H2,1H3. The van der Waals surface area contributed by atoms with E-state index in [0.717, 1.165) is 12.1 Å². The van der Waals surface area contributed by atoms with Crippen LogP contribution in [0.1, 0.15) is 63.5 Å². The first-order valence-electron chi connectivity index (χ1n) is 7.78. The van der Waals surface area contributed by atoms with E-state index in [1.807, 2.05) is 30.3 Å². The van der Waals surface area contributed by atoms with Gasteiger partial charge in [0, 0.05) is 6.54 Å². The van der Waals surface area contributed by atoms with Crippen molar-refractivity contribution in [2.45, 2.75) is 58.0 Å². The van der Waals surface area contributed by atoms with Crippen LogP contribution in [-0.2, 0) is 0 Å². The Morgan fingerprint density at radius 3 is 2.26 bits per heavy atom. The topological polar surface area (TPSA) is 32.3 Å². The van der Waals surface area contributed by atoms with Crippen LogP contribution in [0.3, 0.4) is 0 Å². The van der Waals surface area contributed by atoms with Gasteiger partial charge in [0.15, 0.2) is 0 Å². The normalized spacial score (nSPS) is 12.5. The molecule has 0 saturated carbocycles. The average Bonchev–Trinajstić information content (AvgIpc) is 2.46. The lowest BCUT2D eigenvalue weighted by molar-refractivity contribution is 0.174. The van der Waals surface area contributed by atoms with Crippen LogP contribution < -0.4 is 5.32 Å². The van der Waals surface area contributed by atoms with Crippen LogP contribution in [0, 0.1) is 0 Å². The molecular weight excluding hydrogens is 234 g/mol. The molecule has 0 saturated heterocycles. The smallest absolute Gasteiger partial charge is 0.0914 e. The van der Waals surface area contributed by atoms with Crippen molar-refractivity contribution >= 4 is 0 Å². The Morgan fingerprint density at radius 1 is 0.947 bits per heavy atom. The van der Waals surface area contributed by atoms with Crippen molar-refractivity contribution in [2.24, 2.45) is 0 Å². The lowest BCUT2D eigenvalue weighted by atomic mass is 10.1. The fourth-order valence-corrected chi connectivity index (χ4v) is 2.24. The summed E-state index contributed by atoms with van der Waals surface area (Å²) in [6.45, 7) is 3.92. The molecule has 2 heteroatoms. The van der Waals surface area contributed by atoms with Gasteiger partial charge in [0.2, 0.25) is 0 Å². The van der Waals surface area contributed by atoms with Crippen molar-refractivity contribution in [3.8, 4) is 0 Å².